The highest BCUT2D eigenvalue weighted by molar-refractivity contribution is 7.79. The van der Waals surface area contributed by atoms with Crippen LogP contribution in [0.1, 0.15) is 0 Å². The van der Waals surface area contributed by atoms with Crippen molar-refractivity contribution in [2.45, 2.75) is 0 Å². The van der Waals surface area contributed by atoms with Crippen molar-refractivity contribution in [3.8, 4) is 0 Å². The van der Waals surface area contributed by atoms with E-state index < -0.39 is 7.68 Å². The predicted octanol–water partition coefficient (Wildman–Crippen LogP) is 1.47. The molecular weight excluding hydrogens is 106 g/mol. The van der Waals surface area contributed by atoms with E-state index in [1.54, 1.807) is 24.9 Å². The van der Waals surface area contributed by atoms with Gasteiger partial charge in [0, 0.05) is 0 Å². The molecule has 0 saturated heterocycles. The largest absolute Gasteiger partial charge is 0.518 e. The van der Waals surface area contributed by atoms with Crippen LogP contribution < -0.4 is 0 Å². The second-order valence-corrected chi connectivity index (χ2v) is 2.55. The number of hydrogen-bond acceptors (Lipinski definition) is 1. The Balaban J connectivity index is 2.66. The van der Waals surface area contributed by atoms with Crippen LogP contribution in [-0.4, -0.2) is 7.00 Å². The fourth-order valence-corrected chi connectivity index (χ4v) is 1.02. The van der Waals surface area contributed by atoms with Gasteiger partial charge in [0.1, 0.15) is 5.82 Å². The van der Waals surface area contributed by atoms with Gasteiger partial charge in [0.2, 0.25) is 0 Å². The van der Waals surface area contributed by atoms with Gasteiger partial charge in [-0.3, -0.25) is 0 Å². The van der Waals surface area contributed by atoms with Crippen molar-refractivity contribution in [1.82, 2.24) is 0 Å². The second kappa shape index (κ2) is 2.08. The fourth-order valence-electron chi connectivity index (χ4n) is 0.383. The van der Waals surface area contributed by atoms with Crippen molar-refractivity contribution in [1.29, 1.82) is 0 Å². The van der Waals surface area contributed by atoms with Crippen molar-refractivity contribution in [2.75, 3.05) is 0 Å². The normalized spacial score (nSPS) is 22.0. The number of rotatable bonds is 0. The molecule has 0 N–H and O–H groups in total. The van der Waals surface area contributed by atoms with Gasteiger partial charge >= 0.3 is 7.00 Å². The molecule has 1 aliphatic rings. The van der Waals surface area contributed by atoms with Gasteiger partial charge in [-0.15, -0.1) is 0 Å². The lowest BCUT2D eigenvalue weighted by Gasteiger charge is -1.73. The van der Waals surface area contributed by atoms with Gasteiger partial charge in [-0.1, -0.05) is 16.6 Å². The van der Waals surface area contributed by atoms with Gasteiger partial charge in [0.05, 0.1) is 0 Å². The Morgan fingerprint density at radius 2 is 2.29 bits per heavy atom. The highest BCUT2D eigenvalue weighted by Gasteiger charge is 2.13. The first-order valence-corrected chi connectivity index (χ1v) is 3.43. The Labute approximate surface area is 44.1 Å². The van der Waals surface area contributed by atoms with Gasteiger partial charge in [-0.25, -0.2) is 0 Å². The summed E-state index contributed by atoms with van der Waals surface area (Å²) >= 11 is 0. The van der Waals surface area contributed by atoms with E-state index in [2.05, 4.69) is 0 Å². The lowest BCUT2D eigenvalue weighted by molar-refractivity contribution is 0.600. The van der Waals surface area contributed by atoms with E-state index in [0.29, 0.717) is 0 Å². The Bertz CT molecular complexity index is 139. The van der Waals surface area contributed by atoms with Crippen LogP contribution in [0, 0.1) is 0 Å². The first-order chi connectivity index (χ1) is 3.39. The summed E-state index contributed by atoms with van der Waals surface area (Å²) in [7, 11) is -1.13. The van der Waals surface area contributed by atoms with Crippen molar-refractivity contribution in [2.24, 2.45) is 0 Å². The SMILES string of the molecule is O=[P+]1[B]C=CC=C1. The van der Waals surface area contributed by atoms with Crippen LogP contribution >= 0.6 is 7.68 Å². The molecule has 7 heavy (non-hydrogen) atoms. The van der Waals surface area contributed by atoms with Crippen LogP contribution in [0.2, 0.25) is 0 Å². The Hall–Kier alpha value is -0.355. The fraction of sp³-hybridized carbons (Fsp3) is 0. The van der Waals surface area contributed by atoms with Crippen molar-refractivity contribution >= 4 is 14.7 Å². The summed E-state index contributed by atoms with van der Waals surface area (Å²) in [6, 6.07) is 0. The van der Waals surface area contributed by atoms with E-state index >= 15 is 0 Å². The monoisotopic (exact) mass is 110 g/mol. The number of hydrogen-bond donors (Lipinski definition) is 0. The van der Waals surface area contributed by atoms with Crippen LogP contribution in [0.3, 0.4) is 0 Å². The zero-order valence-corrected chi connectivity index (χ0v) is 4.64. The summed E-state index contributed by atoms with van der Waals surface area (Å²) in [6.45, 7) is 1.68. The third-order valence-corrected chi connectivity index (χ3v) is 1.62. The molecule has 0 aromatic carbocycles. The van der Waals surface area contributed by atoms with Gasteiger partial charge < -0.3 is 0 Å². The highest BCUT2D eigenvalue weighted by Crippen LogP contribution is 2.21. The molecule has 0 saturated carbocycles. The molecular formula is C4H4BOP+. The topological polar surface area (TPSA) is 17.1 Å². The molecule has 33 valence electrons. The van der Waals surface area contributed by atoms with Crippen LogP contribution in [0.15, 0.2) is 23.9 Å². The predicted molar refractivity (Wildman–Crippen MR) is 31.6 cm³/mol. The minimum Gasteiger partial charge on any atom is -0.0931 e. The molecule has 1 heterocycles. The van der Waals surface area contributed by atoms with Crippen molar-refractivity contribution < 1.29 is 4.57 Å². The first-order valence-electron chi connectivity index (χ1n) is 2.03. The summed E-state index contributed by atoms with van der Waals surface area (Å²) in [4.78, 5) is 0. The molecule has 1 unspecified atom stereocenters. The Morgan fingerprint density at radius 1 is 1.43 bits per heavy atom. The molecule has 0 spiro atoms. The lowest BCUT2D eigenvalue weighted by atomic mass is 10.1. The van der Waals surface area contributed by atoms with E-state index in [-0.39, 0.29) is 0 Å². The quantitative estimate of drug-likeness (QED) is 0.340. The molecule has 1 radical (unpaired) electrons. The van der Waals surface area contributed by atoms with E-state index in [1.807, 2.05) is 6.08 Å². The molecule has 1 rings (SSSR count). The molecule has 1 aliphatic heterocycles. The molecule has 1 nitrogen and oxygen atoms in total. The molecule has 0 fully saturated rings. The zero-order valence-electron chi connectivity index (χ0n) is 3.74. The Morgan fingerprint density at radius 3 is 2.57 bits per heavy atom. The van der Waals surface area contributed by atoms with Crippen LogP contribution in [0.25, 0.3) is 0 Å². The van der Waals surface area contributed by atoms with Crippen LogP contribution in [-0.2, 0) is 4.57 Å². The molecule has 0 aliphatic carbocycles. The van der Waals surface area contributed by atoms with Crippen LogP contribution in [0.5, 0.6) is 0 Å². The standard InChI is InChI=1S/C4H4BOP/c6-7-4-2-1-3-5-7/h1-4H/q+1. The highest BCUT2D eigenvalue weighted by atomic mass is 31.1. The average Bonchev–Trinajstić information content (AvgIpc) is 1.69. The first kappa shape index (κ1) is 4.80. The second-order valence-electron chi connectivity index (χ2n) is 1.24. The van der Waals surface area contributed by atoms with E-state index in [9.17, 15) is 4.57 Å². The summed E-state index contributed by atoms with van der Waals surface area (Å²) in [5.74, 6) is 3.47. The van der Waals surface area contributed by atoms with Crippen molar-refractivity contribution in [3.63, 3.8) is 0 Å². The summed E-state index contributed by atoms with van der Waals surface area (Å²) in [5, 5.41) is 0. The summed E-state index contributed by atoms with van der Waals surface area (Å²) in [6.07, 6.45) is 3.65. The summed E-state index contributed by atoms with van der Waals surface area (Å²) in [5.41, 5.74) is 0. The zero-order chi connectivity index (χ0) is 5.11. The maximum absolute atomic E-state index is 10.4. The third-order valence-electron chi connectivity index (χ3n) is 0.688. The molecule has 3 heteroatoms. The number of allylic oxidation sites excluding steroid dienone is 2. The van der Waals surface area contributed by atoms with Crippen molar-refractivity contribution in [3.05, 3.63) is 23.9 Å². The maximum Gasteiger partial charge on any atom is 0.518 e. The van der Waals surface area contributed by atoms with E-state index in [0.717, 1.165) is 0 Å². The third kappa shape index (κ3) is 1.28. The Kier molecular flexibility index (Phi) is 1.43. The minimum absolute atomic E-state index is 1.13. The maximum atomic E-state index is 10.4. The molecule has 0 bridgehead atoms. The van der Waals surface area contributed by atoms with Gasteiger partial charge in [-0.2, -0.15) is 0 Å². The lowest BCUT2D eigenvalue weighted by Crippen LogP contribution is -1.75. The van der Waals surface area contributed by atoms with Gasteiger partial charge in [0.25, 0.3) is 7.68 Å². The van der Waals surface area contributed by atoms with Crippen LogP contribution in [0.4, 0.5) is 0 Å². The van der Waals surface area contributed by atoms with Gasteiger partial charge in [0.15, 0.2) is 0 Å². The molecule has 0 aromatic rings. The van der Waals surface area contributed by atoms with Gasteiger partial charge in [-0.05, 0) is 6.08 Å². The molecule has 1 atom stereocenters. The molecule has 0 amide bonds. The van der Waals surface area contributed by atoms with E-state index in [1.165, 1.54) is 0 Å². The minimum atomic E-state index is -1.13. The average molecular weight is 110 g/mol. The smallest absolute Gasteiger partial charge is 0.0931 e. The summed E-state index contributed by atoms with van der Waals surface area (Å²) < 4.78 is 10.4. The van der Waals surface area contributed by atoms with E-state index in [4.69, 9.17) is 0 Å². The molecule has 0 aromatic heterocycles.